The first-order chi connectivity index (χ1) is 7.04. The predicted molar refractivity (Wildman–Crippen MR) is 68.2 cm³/mol. The number of halogens is 1. The summed E-state index contributed by atoms with van der Waals surface area (Å²) in [7, 11) is 0. The van der Waals surface area contributed by atoms with Gasteiger partial charge in [-0.2, -0.15) is 0 Å². The summed E-state index contributed by atoms with van der Waals surface area (Å²) in [5, 5.41) is 0. The van der Waals surface area contributed by atoms with E-state index in [2.05, 4.69) is 18.8 Å². The highest BCUT2D eigenvalue weighted by Gasteiger charge is 2.14. The first-order valence-electron chi connectivity index (χ1n) is 5.87. The Balaban J connectivity index is 0. The van der Waals surface area contributed by atoms with Gasteiger partial charge in [-0.3, -0.25) is 4.99 Å². The van der Waals surface area contributed by atoms with Crippen LogP contribution in [0.4, 0.5) is 4.39 Å². The minimum absolute atomic E-state index is 0.364. The third-order valence-corrected chi connectivity index (χ3v) is 2.19. The molecule has 15 heavy (non-hydrogen) atoms. The van der Waals surface area contributed by atoms with E-state index in [1.807, 2.05) is 34.6 Å². The van der Waals surface area contributed by atoms with Crippen LogP contribution in [-0.4, -0.2) is 12.4 Å². The quantitative estimate of drug-likeness (QED) is 0.598. The first-order valence-corrected chi connectivity index (χ1v) is 5.87. The normalized spacial score (nSPS) is 14.7. The van der Waals surface area contributed by atoms with Gasteiger partial charge in [-0.05, 0) is 31.8 Å². The van der Waals surface area contributed by atoms with Crippen molar-refractivity contribution >= 4 is 6.21 Å². The van der Waals surface area contributed by atoms with Gasteiger partial charge in [0, 0.05) is 6.21 Å². The molecule has 2 heteroatoms. The van der Waals surface area contributed by atoms with E-state index < -0.39 is 6.17 Å². The molecule has 0 spiro atoms. The topological polar surface area (TPSA) is 12.4 Å². The highest BCUT2D eigenvalue weighted by atomic mass is 19.1. The number of rotatable bonds is 4. The van der Waals surface area contributed by atoms with Gasteiger partial charge in [-0.15, -0.1) is 0 Å². The molecule has 0 aliphatic heterocycles. The van der Waals surface area contributed by atoms with Crippen LogP contribution < -0.4 is 0 Å². The molecule has 0 rings (SSSR count). The molecule has 0 aromatic heterocycles. The second kappa shape index (κ2) is 9.88. The van der Waals surface area contributed by atoms with Gasteiger partial charge in [0.2, 0.25) is 0 Å². The van der Waals surface area contributed by atoms with Crippen LogP contribution in [0.3, 0.4) is 0 Å². The van der Waals surface area contributed by atoms with Gasteiger partial charge in [0.25, 0.3) is 0 Å². The Labute approximate surface area is 94.5 Å². The van der Waals surface area contributed by atoms with E-state index in [4.69, 9.17) is 0 Å². The number of allylic oxidation sites excluding steroid dienone is 2. The van der Waals surface area contributed by atoms with E-state index in [0.717, 1.165) is 5.57 Å². The molecular formula is C13H26FN. The molecule has 0 N–H and O–H groups in total. The zero-order valence-corrected chi connectivity index (χ0v) is 11.3. The summed E-state index contributed by atoms with van der Waals surface area (Å²) in [6.45, 7) is 13.7. The second-order valence-electron chi connectivity index (χ2n) is 3.49. The summed E-state index contributed by atoms with van der Waals surface area (Å²) in [5.74, 6) is 0.364. The van der Waals surface area contributed by atoms with Crippen LogP contribution in [0.1, 0.15) is 54.9 Å². The van der Waals surface area contributed by atoms with Crippen LogP contribution in [-0.2, 0) is 0 Å². The monoisotopic (exact) mass is 215 g/mol. The number of hydrogen-bond donors (Lipinski definition) is 0. The van der Waals surface area contributed by atoms with Crippen molar-refractivity contribution in [3.8, 4) is 0 Å². The highest BCUT2D eigenvalue weighted by Crippen LogP contribution is 2.21. The Hall–Kier alpha value is -0.660. The van der Waals surface area contributed by atoms with Crippen molar-refractivity contribution in [3.63, 3.8) is 0 Å². The van der Waals surface area contributed by atoms with Gasteiger partial charge in [-0.1, -0.05) is 34.6 Å². The molecule has 0 aromatic carbocycles. The van der Waals surface area contributed by atoms with Crippen molar-refractivity contribution in [2.24, 2.45) is 10.9 Å². The van der Waals surface area contributed by atoms with Crippen LogP contribution in [0.5, 0.6) is 0 Å². The van der Waals surface area contributed by atoms with Crippen LogP contribution in [0.2, 0.25) is 0 Å². The lowest BCUT2D eigenvalue weighted by Crippen LogP contribution is -2.06. The van der Waals surface area contributed by atoms with E-state index >= 15 is 0 Å². The van der Waals surface area contributed by atoms with Gasteiger partial charge in [0.15, 0.2) is 0 Å². The maximum absolute atomic E-state index is 13.4. The van der Waals surface area contributed by atoms with Gasteiger partial charge in [-0.25, -0.2) is 4.39 Å². The van der Waals surface area contributed by atoms with Gasteiger partial charge >= 0.3 is 0 Å². The molecule has 0 radical (unpaired) electrons. The summed E-state index contributed by atoms with van der Waals surface area (Å²) in [5.41, 5.74) is 1.66. The Morgan fingerprint density at radius 3 is 2.07 bits per heavy atom. The Morgan fingerprint density at radius 1 is 1.33 bits per heavy atom. The van der Waals surface area contributed by atoms with Crippen molar-refractivity contribution in [3.05, 3.63) is 11.3 Å². The van der Waals surface area contributed by atoms with Crippen LogP contribution in [0.25, 0.3) is 0 Å². The predicted octanol–water partition coefficient (Wildman–Crippen LogP) is 4.78. The largest absolute Gasteiger partial charge is 0.263 e. The third kappa shape index (κ3) is 6.43. The van der Waals surface area contributed by atoms with Crippen LogP contribution >= 0.6 is 0 Å². The fourth-order valence-corrected chi connectivity index (χ4v) is 1.06. The smallest absolute Gasteiger partial charge is 0.142 e. The Bertz CT molecular complexity index is 205. The lowest BCUT2D eigenvalue weighted by Gasteiger charge is -2.13. The number of aliphatic imine (C=N–C) groups is 1. The van der Waals surface area contributed by atoms with Crippen molar-refractivity contribution < 1.29 is 4.39 Å². The second-order valence-corrected chi connectivity index (χ2v) is 3.49. The lowest BCUT2D eigenvalue weighted by molar-refractivity contribution is 0.365. The molecule has 0 bridgehead atoms. The fourth-order valence-electron chi connectivity index (χ4n) is 1.06. The maximum Gasteiger partial charge on any atom is 0.142 e. The summed E-state index contributed by atoms with van der Waals surface area (Å²) in [6, 6.07) is 0. The van der Waals surface area contributed by atoms with Gasteiger partial charge in [0.05, 0.1) is 5.70 Å². The molecule has 0 amide bonds. The van der Waals surface area contributed by atoms with Crippen LogP contribution in [0, 0.1) is 5.92 Å². The van der Waals surface area contributed by atoms with E-state index in [9.17, 15) is 4.39 Å². The van der Waals surface area contributed by atoms with Crippen molar-refractivity contribution in [1.29, 1.82) is 0 Å². The molecule has 90 valence electrons. The van der Waals surface area contributed by atoms with Crippen molar-refractivity contribution in [2.75, 3.05) is 0 Å². The SMILES string of the molecule is CC.CC=N/C(=C(\C)C(C)C)C(F)CC. The Kier molecular flexibility index (Phi) is 11.0. The molecule has 1 nitrogen and oxygen atoms in total. The fraction of sp³-hybridized carbons (Fsp3) is 0.769. The zero-order valence-electron chi connectivity index (χ0n) is 11.3. The molecule has 1 unspecified atom stereocenters. The molecule has 0 saturated carbocycles. The zero-order chi connectivity index (χ0) is 12.4. The molecule has 0 fully saturated rings. The summed E-state index contributed by atoms with van der Waals surface area (Å²) < 4.78 is 13.4. The van der Waals surface area contributed by atoms with Crippen molar-refractivity contribution in [1.82, 2.24) is 0 Å². The lowest BCUT2D eigenvalue weighted by atomic mass is 10.00. The summed E-state index contributed by atoms with van der Waals surface area (Å²) in [4.78, 5) is 4.10. The minimum atomic E-state index is -0.918. The molecule has 0 aliphatic rings. The number of hydrogen-bond acceptors (Lipinski definition) is 1. The molecule has 0 aromatic rings. The van der Waals surface area contributed by atoms with Gasteiger partial charge in [0.1, 0.15) is 6.17 Å². The Morgan fingerprint density at radius 2 is 1.80 bits per heavy atom. The molecular weight excluding hydrogens is 189 g/mol. The molecule has 0 aliphatic carbocycles. The summed E-state index contributed by atoms with van der Waals surface area (Å²) >= 11 is 0. The van der Waals surface area contributed by atoms with E-state index in [0.29, 0.717) is 18.0 Å². The standard InChI is InChI=1S/C11H20FN.C2H6/c1-6-10(12)11(13-7-2)9(5)8(3)4;1-2/h7-8,10H,6H2,1-5H3;1-2H3/b11-9+,13-7?;. The third-order valence-electron chi connectivity index (χ3n) is 2.19. The van der Waals surface area contributed by atoms with E-state index in [1.165, 1.54) is 0 Å². The van der Waals surface area contributed by atoms with Gasteiger partial charge < -0.3 is 0 Å². The first kappa shape index (κ1) is 16.8. The van der Waals surface area contributed by atoms with E-state index in [-0.39, 0.29) is 0 Å². The molecule has 0 heterocycles. The maximum atomic E-state index is 13.4. The number of nitrogens with zero attached hydrogens (tertiary/aromatic N) is 1. The molecule has 1 atom stereocenters. The van der Waals surface area contributed by atoms with E-state index in [1.54, 1.807) is 6.21 Å². The number of alkyl halides is 1. The van der Waals surface area contributed by atoms with Crippen LogP contribution in [0.15, 0.2) is 16.3 Å². The highest BCUT2D eigenvalue weighted by molar-refractivity contribution is 5.55. The average molecular weight is 215 g/mol. The minimum Gasteiger partial charge on any atom is -0.263 e. The van der Waals surface area contributed by atoms with Crippen molar-refractivity contribution in [2.45, 2.75) is 61.1 Å². The summed E-state index contributed by atoms with van der Waals surface area (Å²) in [6.07, 6.45) is 1.24. The molecule has 0 saturated heterocycles. The average Bonchev–Trinajstić information content (AvgIpc) is 2.26.